The third-order valence-electron chi connectivity index (χ3n) is 6.64. The fraction of sp³-hybridized carbons (Fsp3) is 0.143. The maximum atomic E-state index is 13.9. The molecule has 37 heavy (non-hydrogen) atoms. The smallest absolute Gasteiger partial charge is 0.374 e. The van der Waals surface area contributed by atoms with Crippen molar-refractivity contribution in [1.29, 1.82) is 0 Å². The van der Waals surface area contributed by atoms with Crippen LogP contribution in [-0.2, 0) is 25.9 Å². The molecule has 0 bridgehead atoms. The molecule has 188 valence electrons. The van der Waals surface area contributed by atoms with Crippen LogP contribution in [0.1, 0.15) is 22.4 Å². The Balaban J connectivity index is 1.86. The van der Waals surface area contributed by atoms with Crippen LogP contribution >= 0.6 is 11.6 Å². The maximum Gasteiger partial charge on any atom is 0.417 e. The SMILES string of the molecule is Cn1cncc1C(O)(c1ccc(Cl)cc1)c1ccc2c(c1)c(-c1ccccc1C(F)(F)F)cc(=O)n2C. The Kier molecular flexibility index (Phi) is 5.96. The van der Waals surface area contributed by atoms with Crippen molar-refractivity contribution in [3.8, 4) is 11.1 Å². The zero-order valence-corrected chi connectivity index (χ0v) is 20.5. The molecule has 3 aromatic carbocycles. The number of aliphatic hydroxyl groups is 1. The van der Waals surface area contributed by atoms with E-state index < -0.39 is 22.9 Å². The average Bonchev–Trinajstić information content (AvgIpc) is 3.31. The number of hydrogen-bond acceptors (Lipinski definition) is 3. The zero-order chi connectivity index (χ0) is 26.5. The van der Waals surface area contributed by atoms with Crippen LogP contribution in [0.4, 0.5) is 13.2 Å². The predicted molar refractivity (Wildman–Crippen MR) is 136 cm³/mol. The van der Waals surface area contributed by atoms with E-state index in [0.717, 1.165) is 6.07 Å². The first-order valence-electron chi connectivity index (χ1n) is 11.3. The second-order valence-corrected chi connectivity index (χ2v) is 9.27. The third kappa shape index (κ3) is 4.12. The quantitative estimate of drug-likeness (QED) is 0.319. The summed E-state index contributed by atoms with van der Waals surface area (Å²) in [5.41, 5.74) is -1.29. The topological polar surface area (TPSA) is 60.0 Å². The van der Waals surface area contributed by atoms with Gasteiger partial charge in [-0.05, 0) is 52.6 Å². The molecule has 0 aliphatic carbocycles. The summed E-state index contributed by atoms with van der Waals surface area (Å²) in [7, 11) is 3.29. The summed E-state index contributed by atoms with van der Waals surface area (Å²) in [6.07, 6.45) is -1.55. The Labute approximate surface area is 215 Å². The van der Waals surface area contributed by atoms with E-state index in [-0.39, 0.29) is 11.1 Å². The number of hydrogen-bond donors (Lipinski definition) is 1. The standard InChI is InChI=1S/C28H21ClF3N3O2/c1-34-16-33-15-25(34)27(37,17-7-10-19(29)11-8-17)18-9-12-24-22(13-18)21(14-26(36)35(24)2)20-5-3-4-6-23(20)28(30,31)32/h3-16,37H,1-2H3. The molecule has 1 N–H and O–H groups in total. The number of pyridine rings is 1. The number of halogens is 4. The largest absolute Gasteiger partial charge is 0.417 e. The van der Waals surface area contributed by atoms with E-state index in [9.17, 15) is 23.1 Å². The Morgan fingerprint density at radius 2 is 1.57 bits per heavy atom. The minimum absolute atomic E-state index is 0.120. The van der Waals surface area contributed by atoms with Crippen LogP contribution in [-0.4, -0.2) is 19.2 Å². The Bertz CT molecular complexity index is 1690. The van der Waals surface area contributed by atoms with Crippen molar-refractivity contribution in [2.45, 2.75) is 11.8 Å². The molecule has 2 heterocycles. The molecule has 9 heteroatoms. The molecule has 0 aliphatic rings. The van der Waals surface area contributed by atoms with E-state index in [1.165, 1.54) is 35.0 Å². The highest BCUT2D eigenvalue weighted by atomic mass is 35.5. The van der Waals surface area contributed by atoms with E-state index >= 15 is 0 Å². The Hall–Kier alpha value is -3.88. The summed E-state index contributed by atoms with van der Waals surface area (Å²) >= 11 is 6.09. The normalized spacial score (nSPS) is 13.6. The van der Waals surface area contributed by atoms with Crippen molar-refractivity contribution in [3.05, 3.63) is 123 Å². The summed E-state index contributed by atoms with van der Waals surface area (Å²) in [5, 5.41) is 13.1. The second-order valence-electron chi connectivity index (χ2n) is 8.84. The first-order valence-corrected chi connectivity index (χ1v) is 11.7. The number of fused-ring (bicyclic) bond motifs is 1. The van der Waals surface area contributed by atoms with Crippen LogP contribution in [0, 0.1) is 0 Å². The zero-order valence-electron chi connectivity index (χ0n) is 19.8. The number of aryl methyl sites for hydroxylation is 2. The van der Waals surface area contributed by atoms with Gasteiger partial charge in [0, 0.05) is 30.6 Å². The molecule has 0 radical (unpaired) electrons. The number of benzene rings is 3. The van der Waals surface area contributed by atoms with Crippen molar-refractivity contribution in [2.24, 2.45) is 14.1 Å². The maximum absolute atomic E-state index is 13.9. The van der Waals surface area contributed by atoms with Crippen molar-refractivity contribution in [2.75, 3.05) is 0 Å². The molecule has 2 aromatic heterocycles. The van der Waals surface area contributed by atoms with Gasteiger partial charge in [0.15, 0.2) is 5.60 Å². The van der Waals surface area contributed by atoms with Gasteiger partial charge in [-0.1, -0.05) is 48.0 Å². The van der Waals surface area contributed by atoms with Crippen LogP contribution in [0.3, 0.4) is 0 Å². The van der Waals surface area contributed by atoms with Gasteiger partial charge in [-0.3, -0.25) is 4.79 Å². The molecular weight excluding hydrogens is 503 g/mol. The first kappa shape index (κ1) is 24.8. The number of imidazole rings is 1. The van der Waals surface area contributed by atoms with Gasteiger partial charge in [0.2, 0.25) is 0 Å². The molecule has 0 spiro atoms. The van der Waals surface area contributed by atoms with Gasteiger partial charge in [0.05, 0.1) is 29.3 Å². The molecule has 0 saturated carbocycles. The third-order valence-corrected chi connectivity index (χ3v) is 6.89. The second kappa shape index (κ2) is 8.90. The summed E-state index contributed by atoms with van der Waals surface area (Å²) in [5.74, 6) is 0. The molecule has 1 unspecified atom stereocenters. The van der Waals surface area contributed by atoms with E-state index in [1.807, 2.05) is 0 Å². The summed E-state index contributed by atoms with van der Waals surface area (Å²) < 4.78 is 44.8. The Morgan fingerprint density at radius 1 is 0.892 bits per heavy atom. The van der Waals surface area contributed by atoms with Gasteiger partial charge >= 0.3 is 6.18 Å². The number of nitrogens with zero attached hydrogens (tertiary/aromatic N) is 3. The summed E-state index contributed by atoms with van der Waals surface area (Å²) in [6, 6.07) is 17.9. The molecule has 5 rings (SSSR count). The highest BCUT2D eigenvalue weighted by molar-refractivity contribution is 6.30. The van der Waals surface area contributed by atoms with Crippen LogP contribution in [0.15, 0.2) is 90.1 Å². The molecular formula is C28H21ClF3N3O2. The highest BCUT2D eigenvalue weighted by Gasteiger charge is 2.38. The van der Waals surface area contributed by atoms with Crippen molar-refractivity contribution in [1.82, 2.24) is 14.1 Å². The van der Waals surface area contributed by atoms with Gasteiger partial charge in [-0.15, -0.1) is 0 Å². The fourth-order valence-electron chi connectivity index (χ4n) is 4.73. The molecule has 5 nitrogen and oxygen atoms in total. The minimum atomic E-state index is -4.62. The van der Waals surface area contributed by atoms with Gasteiger partial charge in [0.1, 0.15) is 0 Å². The van der Waals surface area contributed by atoms with E-state index in [0.29, 0.717) is 32.7 Å². The monoisotopic (exact) mass is 523 g/mol. The lowest BCUT2D eigenvalue weighted by Gasteiger charge is -2.30. The average molecular weight is 524 g/mol. The lowest BCUT2D eigenvalue weighted by Crippen LogP contribution is -2.31. The van der Waals surface area contributed by atoms with E-state index in [4.69, 9.17) is 11.6 Å². The van der Waals surface area contributed by atoms with Crippen LogP contribution in [0.2, 0.25) is 5.02 Å². The summed E-state index contributed by atoms with van der Waals surface area (Å²) in [4.78, 5) is 16.9. The van der Waals surface area contributed by atoms with Gasteiger partial charge in [-0.25, -0.2) is 4.98 Å². The first-order chi connectivity index (χ1) is 17.5. The van der Waals surface area contributed by atoms with Crippen molar-refractivity contribution in [3.63, 3.8) is 0 Å². The lowest BCUT2D eigenvalue weighted by atomic mass is 9.82. The number of alkyl halides is 3. The Morgan fingerprint density at radius 3 is 2.22 bits per heavy atom. The van der Waals surface area contributed by atoms with Gasteiger partial charge in [0.25, 0.3) is 5.56 Å². The van der Waals surface area contributed by atoms with Crippen LogP contribution in [0.25, 0.3) is 22.0 Å². The fourth-order valence-corrected chi connectivity index (χ4v) is 4.86. The van der Waals surface area contributed by atoms with Gasteiger partial charge in [-0.2, -0.15) is 13.2 Å². The highest BCUT2D eigenvalue weighted by Crippen LogP contribution is 2.42. The van der Waals surface area contributed by atoms with Crippen molar-refractivity contribution < 1.29 is 18.3 Å². The molecule has 1 atom stereocenters. The molecule has 0 fully saturated rings. The number of rotatable bonds is 4. The minimum Gasteiger partial charge on any atom is -0.374 e. The van der Waals surface area contributed by atoms with E-state index in [2.05, 4.69) is 4.98 Å². The molecule has 0 amide bonds. The van der Waals surface area contributed by atoms with Crippen LogP contribution in [0.5, 0.6) is 0 Å². The van der Waals surface area contributed by atoms with E-state index in [1.54, 1.807) is 67.5 Å². The predicted octanol–water partition coefficient (Wildman–Crippen LogP) is 5.90. The van der Waals surface area contributed by atoms with Crippen LogP contribution < -0.4 is 5.56 Å². The molecule has 0 aliphatic heterocycles. The molecule has 0 saturated heterocycles. The summed E-state index contributed by atoms with van der Waals surface area (Å²) in [6.45, 7) is 0. The molecule has 5 aromatic rings. The number of aromatic nitrogens is 3. The van der Waals surface area contributed by atoms with Gasteiger partial charge < -0.3 is 14.2 Å². The van der Waals surface area contributed by atoms with Crippen molar-refractivity contribution >= 4 is 22.5 Å². The lowest BCUT2D eigenvalue weighted by molar-refractivity contribution is -0.137.